The maximum Gasteiger partial charge on any atom is 0.336 e. The number of aryl methyl sites for hydroxylation is 1. The van der Waals surface area contributed by atoms with Crippen LogP contribution in [0, 0.1) is 0 Å². The standard InChI is InChI=1S/C15H18N2O4/c1-3-4-10-7-14(18)21-13-8-11(5-6-12(10)13)20-9(2)15(19)17-16/h5-9H,3-4,16H2,1-2H3,(H,17,19)/t9-/m1/s1. The average Bonchev–Trinajstić information content (AvgIpc) is 2.46. The summed E-state index contributed by atoms with van der Waals surface area (Å²) < 4.78 is 10.7. The van der Waals surface area contributed by atoms with Gasteiger partial charge in [0.05, 0.1) is 0 Å². The van der Waals surface area contributed by atoms with Gasteiger partial charge in [-0.15, -0.1) is 0 Å². The second-order valence-corrected chi connectivity index (χ2v) is 4.77. The molecule has 6 heteroatoms. The molecule has 1 aromatic heterocycles. The third-order valence-electron chi connectivity index (χ3n) is 3.15. The van der Waals surface area contributed by atoms with Gasteiger partial charge in [-0.2, -0.15) is 0 Å². The lowest BCUT2D eigenvalue weighted by molar-refractivity contribution is -0.127. The predicted molar refractivity (Wildman–Crippen MR) is 78.9 cm³/mol. The molecule has 21 heavy (non-hydrogen) atoms. The van der Waals surface area contributed by atoms with Crippen molar-refractivity contribution in [2.75, 3.05) is 0 Å². The van der Waals surface area contributed by atoms with Crippen molar-refractivity contribution in [1.82, 2.24) is 5.43 Å². The van der Waals surface area contributed by atoms with Gasteiger partial charge in [-0.25, -0.2) is 10.6 Å². The van der Waals surface area contributed by atoms with E-state index in [0.29, 0.717) is 11.3 Å². The zero-order chi connectivity index (χ0) is 15.4. The van der Waals surface area contributed by atoms with Crippen molar-refractivity contribution in [1.29, 1.82) is 0 Å². The first kappa shape index (κ1) is 15.1. The number of carbonyl (C=O) groups is 1. The monoisotopic (exact) mass is 290 g/mol. The fraction of sp³-hybridized carbons (Fsp3) is 0.333. The number of fused-ring (bicyclic) bond motifs is 1. The van der Waals surface area contributed by atoms with E-state index in [1.807, 2.05) is 18.4 Å². The van der Waals surface area contributed by atoms with Crippen molar-refractivity contribution in [3.05, 3.63) is 40.2 Å². The van der Waals surface area contributed by atoms with Crippen LogP contribution in [0.1, 0.15) is 25.8 Å². The highest BCUT2D eigenvalue weighted by Gasteiger charge is 2.14. The third-order valence-corrected chi connectivity index (χ3v) is 3.15. The van der Waals surface area contributed by atoms with Crippen LogP contribution in [0.2, 0.25) is 0 Å². The molecule has 0 spiro atoms. The maximum absolute atomic E-state index is 11.6. The van der Waals surface area contributed by atoms with Crippen LogP contribution in [-0.2, 0) is 11.2 Å². The van der Waals surface area contributed by atoms with Gasteiger partial charge in [-0.05, 0) is 31.0 Å². The van der Waals surface area contributed by atoms with Crippen LogP contribution in [0.3, 0.4) is 0 Å². The zero-order valence-electron chi connectivity index (χ0n) is 12.0. The van der Waals surface area contributed by atoms with Crippen molar-refractivity contribution in [2.45, 2.75) is 32.8 Å². The van der Waals surface area contributed by atoms with E-state index in [4.69, 9.17) is 15.0 Å². The molecule has 0 fully saturated rings. The third kappa shape index (κ3) is 3.41. The number of ether oxygens (including phenoxy) is 1. The number of carbonyl (C=O) groups excluding carboxylic acids is 1. The van der Waals surface area contributed by atoms with Crippen LogP contribution in [0.4, 0.5) is 0 Å². The van der Waals surface area contributed by atoms with E-state index < -0.39 is 17.6 Å². The molecule has 112 valence electrons. The largest absolute Gasteiger partial charge is 0.481 e. The molecule has 1 amide bonds. The van der Waals surface area contributed by atoms with E-state index in [9.17, 15) is 9.59 Å². The number of hydrogen-bond acceptors (Lipinski definition) is 5. The number of nitrogens with two attached hydrogens (primary N) is 1. The summed E-state index contributed by atoms with van der Waals surface area (Å²) in [6, 6.07) is 6.68. The SMILES string of the molecule is CCCc1cc(=O)oc2cc(O[C@H](C)C(=O)NN)ccc12. The molecule has 0 aliphatic heterocycles. The van der Waals surface area contributed by atoms with E-state index in [0.717, 1.165) is 23.8 Å². The fourth-order valence-electron chi connectivity index (χ4n) is 2.13. The Morgan fingerprint density at radius 1 is 1.43 bits per heavy atom. The molecule has 1 atom stereocenters. The van der Waals surface area contributed by atoms with Crippen molar-refractivity contribution in [3.63, 3.8) is 0 Å². The summed E-state index contributed by atoms with van der Waals surface area (Å²) in [5, 5.41) is 0.875. The Morgan fingerprint density at radius 2 is 2.19 bits per heavy atom. The van der Waals surface area contributed by atoms with Gasteiger partial charge in [0, 0.05) is 17.5 Å². The van der Waals surface area contributed by atoms with E-state index in [-0.39, 0.29) is 0 Å². The molecule has 0 aliphatic rings. The zero-order valence-corrected chi connectivity index (χ0v) is 12.0. The highest BCUT2D eigenvalue weighted by Crippen LogP contribution is 2.24. The first-order chi connectivity index (χ1) is 10.0. The Balaban J connectivity index is 2.38. The Hall–Kier alpha value is -2.34. The van der Waals surface area contributed by atoms with Crippen LogP contribution in [0.5, 0.6) is 5.75 Å². The lowest BCUT2D eigenvalue weighted by Crippen LogP contribution is -2.40. The number of benzene rings is 1. The van der Waals surface area contributed by atoms with Crippen molar-refractivity contribution in [2.24, 2.45) is 5.84 Å². The lowest BCUT2D eigenvalue weighted by atomic mass is 10.1. The predicted octanol–water partition coefficient (Wildman–Crippen LogP) is 1.50. The molecular formula is C15H18N2O4. The minimum Gasteiger partial charge on any atom is -0.481 e. The molecular weight excluding hydrogens is 272 g/mol. The Morgan fingerprint density at radius 3 is 2.86 bits per heavy atom. The Labute approximate surface area is 121 Å². The molecule has 1 aromatic carbocycles. The average molecular weight is 290 g/mol. The molecule has 2 rings (SSSR count). The topological polar surface area (TPSA) is 94.6 Å². The van der Waals surface area contributed by atoms with Crippen molar-refractivity contribution < 1.29 is 13.9 Å². The first-order valence-electron chi connectivity index (χ1n) is 6.79. The van der Waals surface area contributed by atoms with Crippen LogP contribution in [-0.4, -0.2) is 12.0 Å². The van der Waals surface area contributed by atoms with E-state index in [1.165, 1.54) is 6.07 Å². The highest BCUT2D eigenvalue weighted by atomic mass is 16.5. The molecule has 0 bridgehead atoms. The molecule has 1 heterocycles. The smallest absolute Gasteiger partial charge is 0.336 e. The van der Waals surface area contributed by atoms with Gasteiger partial charge in [0.15, 0.2) is 6.10 Å². The number of hydrazine groups is 1. The van der Waals surface area contributed by atoms with Gasteiger partial charge < -0.3 is 9.15 Å². The molecule has 0 aliphatic carbocycles. The summed E-state index contributed by atoms with van der Waals surface area (Å²) in [4.78, 5) is 22.9. The van der Waals surface area contributed by atoms with Crippen LogP contribution < -0.4 is 21.6 Å². The highest BCUT2D eigenvalue weighted by molar-refractivity contribution is 5.82. The molecule has 6 nitrogen and oxygen atoms in total. The molecule has 2 aromatic rings. The molecule has 0 saturated heterocycles. The van der Waals surface area contributed by atoms with Gasteiger partial charge in [-0.1, -0.05) is 13.3 Å². The number of amides is 1. The van der Waals surface area contributed by atoms with Crippen LogP contribution >= 0.6 is 0 Å². The minimum atomic E-state index is -0.738. The minimum absolute atomic E-state index is 0.393. The van der Waals surface area contributed by atoms with Crippen LogP contribution in [0.15, 0.2) is 33.5 Å². The van der Waals surface area contributed by atoms with Crippen molar-refractivity contribution >= 4 is 16.9 Å². The number of rotatable bonds is 5. The summed E-state index contributed by atoms with van der Waals surface area (Å²) in [5.74, 6) is 5.06. The van der Waals surface area contributed by atoms with Gasteiger partial charge >= 0.3 is 5.63 Å². The summed E-state index contributed by atoms with van der Waals surface area (Å²) in [7, 11) is 0. The summed E-state index contributed by atoms with van der Waals surface area (Å²) in [6.45, 7) is 3.63. The van der Waals surface area contributed by atoms with E-state index in [1.54, 1.807) is 19.1 Å². The molecule has 3 N–H and O–H groups in total. The van der Waals surface area contributed by atoms with Gasteiger partial charge in [0.2, 0.25) is 0 Å². The summed E-state index contributed by atoms with van der Waals surface area (Å²) in [6.07, 6.45) is 0.997. The fourth-order valence-corrected chi connectivity index (χ4v) is 2.13. The van der Waals surface area contributed by atoms with Crippen LogP contribution in [0.25, 0.3) is 11.0 Å². The van der Waals surface area contributed by atoms with E-state index in [2.05, 4.69) is 0 Å². The lowest BCUT2D eigenvalue weighted by Gasteiger charge is -2.13. The molecule has 0 saturated carbocycles. The number of hydrogen-bond donors (Lipinski definition) is 2. The summed E-state index contributed by atoms with van der Waals surface area (Å²) >= 11 is 0. The van der Waals surface area contributed by atoms with Gasteiger partial charge in [0.25, 0.3) is 5.91 Å². The number of nitrogens with one attached hydrogen (secondary N) is 1. The maximum atomic E-state index is 11.6. The summed E-state index contributed by atoms with van der Waals surface area (Å²) in [5.41, 5.74) is 3.02. The second-order valence-electron chi connectivity index (χ2n) is 4.77. The normalized spacial score (nSPS) is 12.1. The molecule has 0 unspecified atom stereocenters. The first-order valence-corrected chi connectivity index (χ1v) is 6.79. The van der Waals surface area contributed by atoms with E-state index >= 15 is 0 Å². The second kappa shape index (κ2) is 6.41. The Kier molecular flexibility index (Phi) is 4.59. The Bertz CT molecular complexity index is 708. The van der Waals surface area contributed by atoms with Gasteiger partial charge in [0.1, 0.15) is 11.3 Å². The quantitative estimate of drug-likeness (QED) is 0.376. The van der Waals surface area contributed by atoms with Crippen molar-refractivity contribution in [3.8, 4) is 5.75 Å². The molecule has 0 radical (unpaired) electrons. The van der Waals surface area contributed by atoms with Gasteiger partial charge in [-0.3, -0.25) is 10.2 Å².